The van der Waals surface area contributed by atoms with Crippen LogP contribution in [0.2, 0.25) is 0 Å². The number of ether oxygens (including phenoxy) is 3. The van der Waals surface area contributed by atoms with Crippen molar-refractivity contribution >= 4 is 16.9 Å². The van der Waals surface area contributed by atoms with E-state index in [-0.39, 0.29) is 23.6 Å². The molecular weight excluding hydrogens is 458 g/mol. The van der Waals surface area contributed by atoms with Gasteiger partial charge in [-0.2, -0.15) is 0 Å². The first-order valence-corrected chi connectivity index (χ1v) is 11.9. The summed E-state index contributed by atoms with van der Waals surface area (Å²) in [6, 6.07) is 19.4. The molecule has 1 atom stereocenters. The molecule has 3 aromatic carbocycles. The summed E-state index contributed by atoms with van der Waals surface area (Å²) < 4.78 is 22.9. The Labute approximate surface area is 208 Å². The van der Waals surface area contributed by atoms with E-state index in [0.717, 1.165) is 16.9 Å². The Kier molecular flexibility index (Phi) is 6.38. The second-order valence-electron chi connectivity index (χ2n) is 8.43. The first-order valence-electron chi connectivity index (χ1n) is 11.9. The monoisotopic (exact) mass is 485 g/mol. The third kappa shape index (κ3) is 4.06. The maximum Gasteiger partial charge on any atom is 0.291 e. The van der Waals surface area contributed by atoms with Crippen molar-refractivity contribution < 1.29 is 23.4 Å². The zero-order valence-corrected chi connectivity index (χ0v) is 20.4. The maximum atomic E-state index is 13.7. The Morgan fingerprint density at radius 1 is 0.889 bits per heavy atom. The van der Waals surface area contributed by atoms with Crippen LogP contribution in [0.4, 0.5) is 0 Å². The third-order valence-corrected chi connectivity index (χ3v) is 6.27. The maximum absolute atomic E-state index is 13.7. The number of carbonyl (C=O) groups is 1. The third-order valence-electron chi connectivity index (χ3n) is 6.27. The van der Waals surface area contributed by atoms with E-state index < -0.39 is 6.04 Å². The van der Waals surface area contributed by atoms with E-state index >= 15 is 0 Å². The highest BCUT2D eigenvalue weighted by atomic mass is 16.5. The molecule has 36 heavy (non-hydrogen) atoms. The standard InChI is InChI=1S/C29H27NO6/c1-4-34-23-15-12-19(16-24(23)35-5-2)26-25-27(31)21-8-6-7-9-22(21)36-28(25)29(32)30(26)17-18-10-13-20(33-3)14-11-18/h6-16,26H,4-5,17H2,1-3H3. The first kappa shape index (κ1) is 23.5. The van der Waals surface area contributed by atoms with Crippen LogP contribution >= 0.6 is 0 Å². The van der Waals surface area contributed by atoms with Crippen LogP contribution in [0.5, 0.6) is 17.2 Å². The molecule has 1 unspecified atom stereocenters. The van der Waals surface area contributed by atoms with Crippen molar-refractivity contribution in [1.29, 1.82) is 0 Å². The van der Waals surface area contributed by atoms with Gasteiger partial charge in [0.1, 0.15) is 11.3 Å². The van der Waals surface area contributed by atoms with E-state index in [2.05, 4.69) is 0 Å². The van der Waals surface area contributed by atoms with E-state index in [1.165, 1.54) is 0 Å². The second-order valence-corrected chi connectivity index (χ2v) is 8.43. The number of benzene rings is 3. The van der Waals surface area contributed by atoms with Gasteiger partial charge in [0.15, 0.2) is 16.9 Å². The van der Waals surface area contributed by atoms with Gasteiger partial charge in [0, 0.05) is 6.54 Å². The first-order chi connectivity index (χ1) is 17.5. The van der Waals surface area contributed by atoms with Crippen LogP contribution < -0.4 is 19.6 Å². The lowest BCUT2D eigenvalue weighted by Crippen LogP contribution is -2.29. The van der Waals surface area contributed by atoms with Crippen molar-refractivity contribution in [2.75, 3.05) is 20.3 Å². The minimum absolute atomic E-state index is 0.0732. The lowest BCUT2D eigenvalue weighted by molar-refractivity contribution is 0.0714. The van der Waals surface area contributed by atoms with Gasteiger partial charge in [0.25, 0.3) is 5.91 Å². The second kappa shape index (κ2) is 9.77. The van der Waals surface area contributed by atoms with Gasteiger partial charge in [-0.15, -0.1) is 0 Å². The predicted molar refractivity (Wildman–Crippen MR) is 136 cm³/mol. The van der Waals surface area contributed by atoms with Gasteiger partial charge in [-0.3, -0.25) is 9.59 Å². The average Bonchev–Trinajstić information content (AvgIpc) is 3.17. The highest BCUT2D eigenvalue weighted by Crippen LogP contribution is 2.41. The molecule has 5 rings (SSSR count). The molecule has 4 aromatic rings. The number of carbonyl (C=O) groups excluding carboxylic acids is 1. The molecule has 0 N–H and O–H groups in total. The number of para-hydroxylation sites is 1. The van der Waals surface area contributed by atoms with Crippen molar-refractivity contribution in [1.82, 2.24) is 4.90 Å². The van der Waals surface area contributed by atoms with E-state index in [1.54, 1.807) is 36.3 Å². The summed E-state index contributed by atoms with van der Waals surface area (Å²) in [7, 11) is 1.61. The lowest BCUT2D eigenvalue weighted by atomic mass is 9.97. The average molecular weight is 486 g/mol. The van der Waals surface area contributed by atoms with E-state index in [4.69, 9.17) is 18.6 Å². The van der Waals surface area contributed by atoms with Crippen molar-refractivity contribution in [2.45, 2.75) is 26.4 Å². The molecule has 0 fully saturated rings. The van der Waals surface area contributed by atoms with Crippen LogP contribution in [0.3, 0.4) is 0 Å². The topological polar surface area (TPSA) is 78.2 Å². The van der Waals surface area contributed by atoms with Gasteiger partial charge in [-0.1, -0.05) is 30.3 Å². The van der Waals surface area contributed by atoms with Crippen molar-refractivity contribution in [2.24, 2.45) is 0 Å². The fraction of sp³-hybridized carbons (Fsp3) is 0.241. The summed E-state index contributed by atoms with van der Waals surface area (Å²) in [5.41, 5.74) is 2.15. The van der Waals surface area contributed by atoms with E-state index in [0.29, 0.717) is 41.2 Å². The van der Waals surface area contributed by atoms with Crippen LogP contribution in [-0.2, 0) is 6.54 Å². The van der Waals surface area contributed by atoms with Crippen LogP contribution in [0, 0.1) is 0 Å². The summed E-state index contributed by atoms with van der Waals surface area (Å²) >= 11 is 0. The molecule has 0 bridgehead atoms. The van der Waals surface area contributed by atoms with Crippen LogP contribution in [0.15, 0.2) is 75.9 Å². The number of rotatable bonds is 8. The smallest absolute Gasteiger partial charge is 0.291 e. The van der Waals surface area contributed by atoms with Gasteiger partial charge >= 0.3 is 0 Å². The normalized spacial score (nSPS) is 14.7. The molecule has 0 aliphatic carbocycles. The summed E-state index contributed by atoms with van der Waals surface area (Å²) in [5.74, 6) is 1.64. The van der Waals surface area contributed by atoms with Gasteiger partial charge in [-0.05, 0) is 61.4 Å². The molecule has 1 aliphatic heterocycles. The lowest BCUT2D eigenvalue weighted by Gasteiger charge is -2.26. The SMILES string of the molecule is CCOc1ccc(C2c3c(oc4ccccc4c3=O)C(=O)N2Cc2ccc(OC)cc2)cc1OCC. The largest absolute Gasteiger partial charge is 0.497 e. The van der Waals surface area contributed by atoms with Gasteiger partial charge in [0.2, 0.25) is 5.76 Å². The predicted octanol–water partition coefficient (Wildman–Crippen LogP) is 5.34. The van der Waals surface area contributed by atoms with Crippen molar-refractivity contribution in [3.8, 4) is 17.2 Å². The molecule has 0 spiro atoms. The van der Waals surface area contributed by atoms with Crippen LogP contribution in [0.25, 0.3) is 11.0 Å². The Balaban J connectivity index is 1.67. The minimum Gasteiger partial charge on any atom is -0.497 e. The number of amides is 1. The summed E-state index contributed by atoms with van der Waals surface area (Å²) in [5, 5.41) is 0.441. The molecule has 0 saturated carbocycles. The molecule has 184 valence electrons. The van der Waals surface area contributed by atoms with Crippen LogP contribution in [0.1, 0.15) is 47.1 Å². The number of hydrogen-bond donors (Lipinski definition) is 0. The number of hydrogen-bond acceptors (Lipinski definition) is 6. The summed E-state index contributed by atoms with van der Waals surface area (Å²) in [4.78, 5) is 29.1. The molecule has 7 heteroatoms. The molecule has 2 heterocycles. The molecule has 1 aliphatic rings. The molecule has 1 amide bonds. The van der Waals surface area contributed by atoms with Gasteiger partial charge in [0.05, 0.1) is 37.3 Å². The van der Waals surface area contributed by atoms with Gasteiger partial charge in [-0.25, -0.2) is 0 Å². The van der Waals surface area contributed by atoms with E-state index in [9.17, 15) is 9.59 Å². The number of fused-ring (bicyclic) bond motifs is 2. The van der Waals surface area contributed by atoms with Crippen molar-refractivity contribution in [3.63, 3.8) is 0 Å². The summed E-state index contributed by atoms with van der Waals surface area (Å²) in [6.45, 7) is 5.02. The van der Waals surface area contributed by atoms with Crippen LogP contribution in [-0.4, -0.2) is 31.1 Å². The Bertz CT molecular complexity index is 1470. The minimum atomic E-state index is -0.648. The molecule has 0 saturated heterocycles. The number of nitrogens with zero attached hydrogens (tertiary/aromatic N) is 1. The highest BCUT2D eigenvalue weighted by Gasteiger charge is 2.43. The highest BCUT2D eigenvalue weighted by molar-refractivity contribution is 5.99. The Morgan fingerprint density at radius 3 is 2.33 bits per heavy atom. The Hall–Kier alpha value is -4.26. The molecule has 0 radical (unpaired) electrons. The fourth-order valence-electron chi connectivity index (χ4n) is 4.64. The molecular formula is C29H27NO6. The zero-order chi connectivity index (χ0) is 25.2. The molecule has 1 aromatic heterocycles. The van der Waals surface area contributed by atoms with Gasteiger partial charge < -0.3 is 23.5 Å². The quantitative estimate of drug-likeness (QED) is 0.335. The summed E-state index contributed by atoms with van der Waals surface area (Å²) in [6.07, 6.45) is 0. The molecule has 7 nitrogen and oxygen atoms in total. The number of methoxy groups -OCH3 is 1. The van der Waals surface area contributed by atoms with E-state index in [1.807, 2.05) is 56.3 Å². The van der Waals surface area contributed by atoms with Crippen molar-refractivity contribution in [3.05, 3.63) is 99.4 Å². The zero-order valence-electron chi connectivity index (χ0n) is 20.4. The fourth-order valence-corrected chi connectivity index (χ4v) is 4.64. The Morgan fingerprint density at radius 2 is 1.61 bits per heavy atom.